The second-order valence-corrected chi connectivity index (χ2v) is 0.0833. The molecule has 18 valence electrons. The van der Waals surface area contributed by atoms with Gasteiger partial charge in [0.25, 0.3) is 0 Å². The number of hydrogen-bond donors (Lipinski definition) is 0. The van der Waals surface area contributed by atoms with Gasteiger partial charge in [-0.25, -0.2) is 0 Å². The average molecular weight is 48.0 g/mol. The predicted molar refractivity (Wildman–Crippen MR) is 5.01 cm³/mol. The second-order valence-electron chi connectivity index (χ2n) is 0.0833. The monoisotopic (exact) mass is 48.0 g/mol. The summed E-state index contributed by atoms with van der Waals surface area (Å²) < 4.78 is 0. The molecule has 0 atom stereocenters. The SMILES string of the molecule is O=C=O.[He]. The quantitative estimate of drug-likeness (QED) is 0.367. The van der Waals surface area contributed by atoms with Crippen molar-refractivity contribution in [2.45, 2.75) is 0 Å². The van der Waals surface area contributed by atoms with Crippen LogP contribution in [0.2, 0.25) is 0 Å². The first-order valence-electron chi connectivity index (χ1n) is 0.408. The van der Waals surface area contributed by atoms with Crippen molar-refractivity contribution in [1.29, 1.82) is 0 Å². The van der Waals surface area contributed by atoms with E-state index in [9.17, 15) is 0 Å². The molecule has 0 saturated heterocycles. The van der Waals surface area contributed by atoms with Crippen molar-refractivity contribution in [2.75, 3.05) is 0 Å². The molecule has 0 aromatic carbocycles. The third-order valence-electron chi connectivity index (χ3n) is 0. The van der Waals surface area contributed by atoms with Crippen LogP contribution in [0, 0.1) is 6.15 Å². The summed E-state index contributed by atoms with van der Waals surface area (Å²) in [6.07, 6.45) is 0.250. The van der Waals surface area contributed by atoms with Crippen LogP contribution < -0.4 is 0 Å². The summed E-state index contributed by atoms with van der Waals surface area (Å²) in [5, 5.41) is 0. The smallest absolute Gasteiger partial charge is 0.186 e. The summed E-state index contributed by atoms with van der Waals surface area (Å²) in [4.78, 5) is 16.2. The molecule has 0 amide bonds. The van der Waals surface area contributed by atoms with Crippen molar-refractivity contribution in [3.05, 3.63) is 0 Å². The molecular formula is CHeO2. The van der Waals surface area contributed by atoms with Gasteiger partial charge in [0, 0.05) is 6.15 Å². The van der Waals surface area contributed by atoms with Gasteiger partial charge in [0.1, 0.15) is 0 Å². The van der Waals surface area contributed by atoms with Gasteiger partial charge in [-0.2, -0.15) is 9.59 Å². The number of rotatable bonds is 0. The van der Waals surface area contributed by atoms with Gasteiger partial charge in [0.05, 0.1) is 0 Å². The Morgan fingerprint density at radius 3 is 1.25 bits per heavy atom. The summed E-state index contributed by atoms with van der Waals surface area (Å²) in [5.41, 5.74) is 0. The molecule has 0 aromatic rings. The average Bonchev–Trinajstić information content (AvgIpc) is 0.918. The minimum atomic E-state index is 0. The van der Waals surface area contributed by atoms with Gasteiger partial charge >= 0.3 is 6.15 Å². The Labute approximate surface area is 23.2 Å². The van der Waals surface area contributed by atoms with Crippen LogP contribution in [0.5, 0.6) is 0 Å². The number of hydrogen-bond acceptors (Lipinski definition) is 2. The minimum Gasteiger partial charge on any atom is -0.186 e. The topological polar surface area (TPSA) is 34.1 Å². The molecule has 0 aliphatic carbocycles. The van der Waals surface area contributed by atoms with Crippen LogP contribution in [0.3, 0.4) is 0 Å². The Kier molecular flexibility index (Phi) is 118. The molecule has 0 spiro atoms. The molecule has 0 heterocycles. The summed E-state index contributed by atoms with van der Waals surface area (Å²) in [7, 11) is 0. The fourth-order valence-electron chi connectivity index (χ4n) is 0. The van der Waals surface area contributed by atoms with E-state index >= 15 is 0 Å². The molecule has 0 fully saturated rings. The second kappa shape index (κ2) is 45.5. The zero-order valence-electron chi connectivity index (χ0n) is 2.02. The van der Waals surface area contributed by atoms with Crippen LogP contribution in [0.15, 0.2) is 0 Å². The van der Waals surface area contributed by atoms with E-state index < -0.39 is 0 Å². The van der Waals surface area contributed by atoms with Crippen LogP contribution in [-0.2, 0) is 9.59 Å². The molecule has 0 aliphatic rings. The molecule has 0 rings (SSSR count). The van der Waals surface area contributed by atoms with Gasteiger partial charge in [-0.15, -0.1) is 0 Å². The van der Waals surface area contributed by atoms with Crippen LogP contribution >= 0.6 is 0 Å². The van der Waals surface area contributed by atoms with E-state index in [0.717, 1.165) is 0 Å². The van der Waals surface area contributed by atoms with E-state index in [0.29, 0.717) is 0 Å². The minimum absolute atomic E-state index is 0. The van der Waals surface area contributed by atoms with Crippen LogP contribution in [0.1, 0.15) is 0 Å². The molecule has 2 nitrogen and oxygen atoms in total. The molecular weight excluding hydrogens is 48.0 g/mol. The predicted octanol–water partition coefficient (Wildman–Crippen LogP) is -0.584. The van der Waals surface area contributed by atoms with Crippen molar-refractivity contribution < 1.29 is 15.7 Å². The third kappa shape index (κ3) is 0.213. The Morgan fingerprint density at radius 2 is 1.25 bits per heavy atom. The summed E-state index contributed by atoms with van der Waals surface area (Å²) in [6.45, 7) is 0. The van der Waals surface area contributed by atoms with Crippen LogP contribution in [0.4, 0.5) is 0 Å². The van der Waals surface area contributed by atoms with E-state index in [2.05, 4.69) is 0 Å². The summed E-state index contributed by atoms with van der Waals surface area (Å²) in [5.74, 6) is 0. The first-order valence-corrected chi connectivity index (χ1v) is 0.408. The first-order chi connectivity index (χ1) is 1.41. The normalized spacial score (nSPS) is 2.00. The van der Waals surface area contributed by atoms with Crippen molar-refractivity contribution in [2.24, 2.45) is 0 Å². The molecule has 0 bridgehead atoms. The fourth-order valence-corrected chi connectivity index (χ4v) is 0. The standard InChI is InChI=1S/CO2.He/c2-1-3;. The third-order valence-corrected chi connectivity index (χ3v) is 0. The van der Waals surface area contributed by atoms with Gasteiger partial charge < -0.3 is 0 Å². The molecule has 0 unspecified atom stereocenters. The summed E-state index contributed by atoms with van der Waals surface area (Å²) >= 11 is 0. The zero-order chi connectivity index (χ0) is 2.71. The number of carbonyl (C=O) groups excluding carboxylic acids is 2. The molecule has 0 radical (unpaired) electrons. The van der Waals surface area contributed by atoms with Crippen molar-refractivity contribution in [3.63, 3.8) is 0 Å². The van der Waals surface area contributed by atoms with Gasteiger partial charge in [-0.05, 0) is 0 Å². The van der Waals surface area contributed by atoms with Crippen LogP contribution in [0.25, 0.3) is 0 Å². The summed E-state index contributed by atoms with van der Waals surface area (Å²) in [6, 6.07) is 0. The van der Waals surface area contributed by atoms with Crippen LogP contribution in [-0.4, -0.2) is 6.15 Å². The maximum Gasteiger partial charge on any atom is 0.373 e. The Bertz CT molecular complexity index is 27.0. The van der Waals surface area contributed by atoms with Crippen molar-refractivity contribution in [3.8, 4) is 0 Å². The molecule has 3 heteroatoms. The van der Waals surface area contributed by atoms with Gasteiger partial charge in [-0.1, -0.05) is 0 Å². The molecule has 4 heavy (non-hydrogen) atoms. The maximum atomic E-state index is 8.12. The Balaban J connectivity index is 0. The van der Waals surface area contributed by atoms with Gasteiger partial charge in [-0.3, -0.25) is 0 Å². The molecule has 0 saturated carbocycles. The van der Waals surface area contributed by atoms with Gasteiger partial charge in [0.15, 0.2) is 0 Å². The van der Waals surface area contributed by atoms with E-state index in [-0.39, 0.29) is 12.3 Å². The van der Waals surface area contributed by atoms with E-state index in [4.69, 9.17) is 9.59 Å². The Morgan fingerprint density at radius 1 is 1.25 bits per heavy atom. The molecule has 0 aromatic heterocycles. The largest absolute Gasteiger partial charge is 0.373 e. The van der Waals surface area contributed by atoms with Crippen molar-refractivity contribution in [1.82, 2.24) is 0 Å². The first kappa shape index (κ1) is 10.4. The van der Waals surface area contributed by atoms with E-state index in [1.807, 2.05) is 0 Å². The molecule has 0 N–H and O–H groups in total. The molecule has 0 aliphatic heterocycles. The van der Waals surface area contributed by atoms with Crippen molar-refractivity contribution >= 4 is 6.15 Å². The Hall–Kier alpha value is -0.711. The zero-order valence-corrected chi connectivity index (χ0v) is 2.02. The van der Waals surface area contributed by atoms with Gasteiger partial charge in [0.2, 0.25) is 0 Å². The fraction of sp³-hybridized carbons (Fsp3) is 0. The maximum absolute atomic E-state index is 8.12. The van der Waals surface area contributed by atoms with E-state index in [1.54, 1.807) is 0 Å². The van der Waals surface area contributed by atoms with E-state index in [1.165, 1.54) is 0 Å².